The van der Waals surface area contributed by atoms with Gasteiger partial charge in [-0.15, -0.1) is 0 Å². The SMILES string of the molecule is CS(=O)(=O)C=CC=CC(=O)O. The molecule has 0 rings (SSSR count). The highest BCUT2D eigenvalue weighted by Gasteiger charge is 1.89. The third kappa shape index (κ3) is 8.90. The summed E-state index contributed by atoms with van der Waals surface area (Å²) in [6.45, 7) is 0. The van der Waals surface area contributed by atoms with Gasteiger partial charge in [-0.2, -0.15) is 0 Å². The number of carboxylic acid groups (broad SMARTS) is 1. The van der Waals surface area contributed by atoms with Crippen molar-refractivity contribution in [1.82, 2.24) is 0 Å². The molecule has 62 valence electrons. The Labute approximate surface area is 64.8 Å². The van der Waals surface area contributed by atoms with Gasteiger partial charge in [0.2, 0.25) is 0 Å². The summed E-state index contributed by atoms with van der Waals surface area (Å²) in [5.74, 6) is -1.11. The first kappa shape index (κ1) is 9.90. The molecule has 0 heterocycles. The van der Waals surface area contributed by atoms with Crippen LogP contribution in [0.5, 0.6) is 0 Å². The maximum absolute atomic E-state index is 10.4. The lowest BCUT2D eigenvalue weighted by Gasteiger charge is -1.80. The Morgan fingerprint density at radius 3 is 2.27 bits per heavy atom. The average Bonchev–Trinajstić information content (AvgIpc) is 1.78. The van der Waals surface area contributed by atoms with E-state index in [1.807, 2.05) is 0 Å². The van der Waals surface area contributed by atoms with Gasteiger partial charge in [0.25, 0.3) is 0 Å². The Morgan fingerprint density at radius 2 is 1.91 bits per heavy atom. The van der Waals surface area contributed by atoms with Crippen LogP contribution in [0.2, 0.25) is 0 Å². The summed E-state index contributed by atoms with van der Waals surface area (Å²) in [5.41, 5.74) is 0. The second kappa shape index (κ2) is 3.92. The Kier molecular flexibility index (Phi) is 3.53. The molecular formula is C6H8O4S. The van der Waals surface area contributed by atoms with Gasteiger partial charge in [0.15, 0.2) is 9.84 Å². The molecule has 0 spiro atoms. The number of carboxylic acids is 1. The van der Waals surface area contributed by atoms with Gasteiger partial charge >= 0.3 is 5.97 Å². The van der Waals surface area contributed by atoms with Crippen molar-refractivity contribution < 1.29 is 18.3 Å². The molecule has 4 nitrogen and oxygen atoms in total. The molecule has 0 aliphatic heterocycles. The summed E-state index contributed by atoms with van der Waals surface area (Å²) in [4.78, 5) is 9.85. The van der Waals surface area contributed by atoms with E-state index in [2.05, 4.69) is 0 Å². The van der Waals surface area contributed by atoms with Gasteiger partial charge in [0.1, 0.15) is 0 Å². The van der Waals surface area contributed by atoms with Gasteiger partial charge in [-0.3, -0.25) is 0 Å². The fraction of sp³-hybridized carbons (Fsp3) is 0.167. The van der Waals surface area contributed by atoms with Crippen molar-refractivity contribution >= 4 is 15.8 Å². The largest absolute Gasteiger partial charge is 0.478 e. The molecule has 0 aromatic rings. The van der Waals surface area contributed by atoms with Crippen LogP contribution >= 0.6 is 0 Å². The van der Waals surface area contributed by atoms with E-state index in [4.69, 9.17) is 5.11 Å². The van der Waals surface area contributed by atoms with Gasteiger partial charge in [-0.25, -0.2) is 13.2 Å². The van der Waals surface area contributed by atoms with E-state index in [-0.39, 0.29) is 0 Å². The first-order chi connectivity index (χ1) is 4.92. The van der Waals surface area contributed by atoms with E-state index in [1.54, 1.807) is 0 Å². The molecule has 0 aromatic heterocycles. The number of aliphatic carboxylic acids is 1. The van der Waals surface area contributed by atoms with Crippen LogP contribution in [0.15, 0.2) is 23.6 Å². The molecular weight excluding hydrogens is 168 g/mol. The lowest BCUT2D eigenvalue weighted by atomic mass is 10.5. The lowest BCUT2D eigenvalue weighted by molar-refractivity contribution is -0.131. The number of sulfone groups is 1. The Balaban J connectivity index is 4.09. The molecule has 0 saturated carbocycles. The van der Waals surface area contributed by atoms with E-state index in [9.17, 15) is 13.2 Å². The van der Waals surface area contributed by atoms with Crippen LogP contribution in [-0.4, -0.2) is 25.7 Å². The summed E-state index contributed by atoms with van der Waals surface area (Å²) < 4.78 is 20.8. The van der Waals surface area contributed by atoms with Crippen LogP contribution in [0, 0.1) is 0 Å². The summed E-state index contributed by atoms with van der Waals surface area (Å²) in [6, 6.07) is 0. The van der Waals surface area contributed by atoms with E-state index in [0.29, 0.717) is 0 Å². The lowest BCUT2D eigenvalue weighted by Crippen LogP contribution is -1.87. The minimum Gasteiger partial charge on any atom is -0.478 e. The smallest absolute Gasteiger partial charge is 0.328 e. The zero-order chi connectivity index (χ0) is 8.91. The zero-order valence-corrected chi connectivity index (χ0v) is 6.71. The van der Waals surface area contributed by atoms with Crippen LogP contribution in [0.1, 0.15) is 0 Å². The first-order valence-electron chi connectivity index (χ1n) is 2.69. The molecule has 0 aliphatic rings. The molecule has 1 N–H and O–H groups in total. The highest BCUT2D eigenvalue weighted by molar-refractivity contribution is 7.93. The second-order valence-electron chi connectivity index (χ2n) is 1.86. The number of rotatable bonds is 3. The molecule has 0 amide bonds. The van der Waals surface area contributed by atoms with Crippen molar-refractivity contribution in [2.75, 3.05) is 6.26 Å². The highest BCUT2D eigenvalue weighted by atomic mass is 32.2. The van der Waals surface area contributed by atoms with E-state index in [1.165, 1.54) is 0 Å². The van der Waals surface area contributed by atoms with E-state index >= 15 is 0 Å². The van der Waals surface area contributed by atoms with Crippen molar-refractivity contribution in [3.8, 4) is 0 Å². The number of carbonyl (C=O) groups is 1. The molecule has 0 radical (unpaired) electrons. The Hall–Kier alpha value is -1.10. The van der Waals surface area contributed by atoms with Gasteiger partial charge in [-0.1, -0.05) is 12.2 Å². The van der Waals surface area contributed by atoms with Crippen molar-refractivity contribution in [2.24, 2.45) is 0 Å². The van der Waals surface area contributed by atoms with Crippen LogP contribution < -0.4 is 0 Å². The standard InChI is InChI=1S/C6H8O4S/c1-11(9,10)5-3-2-4-6(7)8/h2-5H,1H3,(H,7,8). The first-order valence-corrected chi connectivity index (χ1v) is 4.65. The van der Waals surface area contributed by atoms with Crippen molar-refractivity contribution in [3.63, 3.8) is 0 Å². The van der Waals surface area contributed by atoms with E-state index < -0.39 is 15.8 Å². The molecule has 0 aliphatic carbocycles. The minimum atomic E-state index is -3.15. The van der Waals surface area contributed by atoms with Crippen LogP contribution in [0.3, 0.4) is 0 Å². The summed E-state index contributed by atoms with van der Waals surface area (Å²) in [6.07, 6.45) is 4.17. The highest BCUT2D eigenvalue weighted by Crippen LogP contribution is 1.85. The van der Waals surface area contributed by atoms with Crippen LogP contribution in [0.25, 0.3) is 0 Å². The molecule has 0 aromatic carbocycles. The van der Waals surface area contributed by atoms with Crippen LogP contribution in [0.4, 0.5) is 0 Å². The zero-order valence-electron chi connectivity index (χ0n) is 5.89. The molecule has 0 bridgehead atoms. The molecule has 0 atom stereocenters. The molecule has 0 unspecified atom stereocenters. The predicted molar refractivity (Wildman–Crippen MR) is 40.8 cm³/mol. The topological polar surface area (TPSA) is 71.4 Å². The number of allylic oxidation sites excluding steroid dienone is 2. The summed E-state index contributed by atoms with van der Waals surface area (Å²) >= 11 is 0. The van der Waals surface area contributed by atoms with E-state index in [0.717, 1.165) is 29.9 Å². The van der Waals surface area contributed by atoms with Crippen LogP contribution in [-0.2, 0) is 14.6 Å². The minimum absolute atomic E-state index is 0.849. The average molecular weight is 176 g/mol. The number of hydrogen-bond acceptors (Lipinski definition) is 3. The van der Waals surface area contributed by atoms with Crippen molar-refractivity contribution in [1.29, 1.82) is 0 Å². The predicted octanol–water partition coefficient (Wildman–Crippen LogP) is 0.186. The number of hydrogen-bond donors (Lipinski definition) is 1. The monoisotopic (exact) mass is 176 g/mol. The maximum atomic E-state index is 10.4. The summed E-state index contributed by atoms with van der Waals surface area (Å²) in [5, 5.41) is 9.00. The molecule has 5 heteroatoms. The van der Waals surface area contributed by atoms with Gasteiger partial charge in [-0.05, 0) is 0 Å². The molecule has 0 fully saturated rings. The van der Waals surface area contributed by atoms with Gasteiger partial charge < -0.3 is 5.11 Å². The fourth-order valence-corrected chi connectivity index (χ4v) is 0.702. The van der Waals surface area contributed by atoms with Gasteiger partial charge in [0, 0.05) is 17.7 Å². The van der Waals surface area contributed by atoms with Crippen molar-refractivity contribution in [2.45, 2.75) is 0 Å². The van der Waals surface area contributed by atoms with Gasteiger partial charge in [0.05, 0.1) is 0 Å². The molecule has 11 heavy (non-hydrogen) atoms. The Bertz CT molecular complexity index is 284. The summed E-state index contributed by atoms with van der Waals surface area (Å²) in [7, 11) is -3.15. The molecule has 0 saturated heterocycles. The maximum Gasteiger partial charge on any atom is 0.328 e. The third-order valence-electron chi connectivity index (χ3n) is 0.676. The Morgan fingerprint density at radius 1 is 1.36 bits per heavy atom. The second-order valence-corrected chi connectivity index (χ2v) is 3.79. The quantitative estimate of drug-likeness (QED) is 0.492. The van der Waals surface area contributed by atoms with Crippen molar-refractivity contribution in [3.05, 3.63) is 23.6 Å². The third-order valence-corrected chi connectivity index (χ3v) is 1.33. The fourth-order valence-electron chi connectivity index (χ4n) is 0.326. The normalized spacial score (nSPS) is 12.8.